The molecule has 0 atom stereocenters. The molecule has 0 aliphatic rings. The molecule has 68 valence electrons. The number of carbonyl (C=O) groups excluding carboxylic acids is 1. The van der Waals surface area contributed by atoms with Crippen molar-refractivity contribution in [1.29, 1.82) is 0 Å². The molecule has 0 fully saturated rings. The highest BCUT2D eigenvalue weighted by Gasteiger charge is 1.93. The van der Waals surface area contributed by atoms with E-state index < -0.39 is 5.91 Å². The predicted octanol–water partition coefficient (Wildman–Crippen LogP) is 0.130. The Bertz CT molecular complexity index is 356. The molecule has 13 heavy (non-hydrogen) atoms. The van der Waals surface area contributed by atoms with Crippen molar-refractivity contribution in [1.82, 2.24) is 9.78 Å². The van der Waals surface area contributed by atoms with Crippen LogP contribution in [0.4, 0.5) is 0 Å². The van der Waals surface area contributed by atoms with Gasteiger partial charge >= 0.3 is 0 Å². The highest BCUT2D eigenvalue weighted by molar-refractivity contribution is 5.92. The van der Waals surface area contributed by atoms with E-state index in [1.54, 1.807) is 17.1 Å². The minimum atomic E-state index is -0.622. The second-order valence-corrected chi connectivity index (χ2v) is 2.61. The fraction of sp³-hybridized carbons (Fsp3) is 0.333. The summed E-state index contributed by atoms with van der Waals surface area (Å²) in [6.07, 6.45) is 4.43. The SMILES string of the molecule is CCCn1cc(C#CC(N)=O)cn1. The molecule has 4 nitrogen and oxygen atoms in total. The highest BCUT2D eigenvalue weighted by atomic mass is 16.1. The first-order valence-corrected chi connectivity index (χ1v) is 4.06. The number of amides is 1. The summed E-state index contributed by atoms with van der Waals surface area (Å²) in [6, 6.07) is 0. The van der Waals surface area contributed by atoms with Gasteiger partial charge in [-0.3, -0.25) is 9.48 Å². The van der Waals surface area contributed by atoms with Crippen LogP contribution in [0.15, 0.2) is 12.4 Å². The molecule has 0 aliphatic carbocycles. The molecule has 4 heteroatoms. The molecule has 1 rings (SSSR count). The highest BCUT2D eigenvalue weighted by Crippen LogP contribution is 1.95. The summed E-state index contributed by atoms with van der Waals surface area (Å²) < 4.78 is 1.78. The standard InChI is InChI=1S/C9H11N3O/c1-2-5-12-7-8(6-11-12)3-4-9(10)13/h6-7H,2,5H2,1H3,(H2,10,13). The van der Waals surface area contributed by atoms with E-state index >= 15 is 0 Å². The Morgan fingerprint density at radius 2 is 2.54 bits per heavy atom. The Hall–Kier alpha value is -1.76. The number of aromatic nitrogens is 2. The molecule has 1 aromatic heterocycles. The van der Waals surface area contributed by atoms with Gasteiger partial charge < -0.3 is 5.73 Å². The van der Waals surface area contributed by atoms with Gasteiger partial charge in [0.05, 0.1) is 11.8 Å². The number of aryl methyl sites for hydroxylation is 1. The number of hydrogen-bond acceptors (Lipinski definition) is 2. The monoisotopic (exact) mass is 177 g/mol. The van der Waals surface area contributed by atoms with Gasteiger partial charge in [0.15, 0.2) is 0 Å². The van der Waals surface area contributed by atoms with Crippen molar-refractivity contribution in [3.05, 3.63) is 18.0 Å². The van der Waals surface area contributed by atoms with Crippen molar-refractivity contribution in [2.75, 3.05) is 0 Å². The molecule has 1 heterocycles. The molecule has 0 radical (unpaired) electrons. The van der Waals surface area contributed by atoms with Crippen LogP contribution in [0.2, 0.25) is 0 Å². The first kappa shape index (κ1) is 9.33. The van der Waals surface area contributed by atoms with Gasteiger partial charge in [-0.05, 0) is 6.42 Å². The van der Waals surface area contributed by atoms with Crippen molar-refractivity contribution in [3.63, 3.8) is 0 Å². The fourth-order valence-electron chi connectivity index (χ4n) is 0.913. The maximum atomic E-state index is 10.3. The smallest absolute Gasteiger partial charge is 0.293 e. The van der Waals surface area contributed by atoms with Crippen LogP contribution < -0.4 is 5.73 Å². The minimum Gasteiger partial charge on any atom is -0.359 e. The predicted molar refractivity (Wildman–Crippen MR) is 48.6 cm³/mol. The fourth-order valence-corrected chi connectivity index (χ4v) is 0.913. The molecule has 2 N–H and O–H groups in total. The molecular formula is C9H11N3O. The third-order valence-corrected chi connectivity index (χ3v) is 1.42. The maximum absolute atomic E-state index is 10.3. The summed E-state index contributed by atoms with van der Waals surface area (Å²) in [5.41, 5.74) is 5.58. The van der Waals surface area contributed by atoms with Crippen LogP contribution in [0.3, 0.4) is 0 Å². The lowest BCUT2D eigenvalue weighted by atomic mass is 10.3. The molecule has 0 saturated carbocycles. The molecule has 0 aliphatic heterocycles. The Kier molecular flexibility index (Phi) is 3.09. The van der Waals surface area contributed by atoms with Gasteiger partial charge in [0, 0.05) is 18.7 Å². The lowest BCUT2D eigenvalue weighted by Gasteiger charge is -1.93. The average molecular weight is 177 g/mol. The van der Waals surface area contributed by atoms with Crippen LogP contribution in [0.1, 0.15) is 18.9 Å². The first-order valence-electron chi connectivity index (χ1n) is 4.06. The van der Waals surface area contributed by atoms with Crippen LogP contribution in [0.5, 0.6) is 0 Å². The van der Waals surface area contributed by atoms with Crippen LogP contribution in [-0.2, 0) is 11.3 Å². The van der Waals surface area contributed by atoms with Crippen molar-refractivity contribution in [2.24, 2.45) is 5.73 Å². The van der Waals surface area contributed by atoms with Gasteiger partial charge in [0.1, 0.15) is 0 Å². The number of primary amides is 1. The van der Waals surface area contributed by atoms with Gasteiger partial charge in [-0.15, -0.1) is 0 Å². The van der Waals surface area contributed by atoms with Crippen molar-refractivity contribution in [3.8, 4) is 11.8 Å². The van der Waals surface area contributed by atoms with Crippen LogP contribution in [0, 0.1) is 11.8 Å². The van der Waals surface area contributed by atoms with Gasteiger partial charge in [-0.1, -0.05) is 12.8 Å². The average Bonchev–Trinajstić information content (AvgIpc) is 2.50. The summed E-state index contributed by atoms with van der Waals surface area (Å²) in [5, 5.41) is 4.05. The molecule has 1 amide bonds. The summed E-state index contributed by atoms with van der Waals surface area (Å²) in [5.74, 6) is 4.25. The van der Waals surface area contributed by atoms with E-state index in [1.165, 1.54) is 0 Å². The van der Waals surface area contributed by atoms with E-state index in [4.69, 9.17) is 5.73 Å². The molecule has 1 aromatic rings. The minimum absolute atomic E-state index is 0.622. The third kappa shape index (κ3) is 2.99. The van der Waals surface area contributed by atoms with Crippen molar-refractivity contribution in [2.45, 2.75) is 19.9 Å². The number of nitrogens with zero attached hydrogens (tertiary/aromatic N) is 2. The van der Waals surface area contributed by atoms with Crippen molar-refractivity contribution >= 4 is 5.91 Å². The molecule has 0 bridgehead atoms. The topological polar surface area (TPSA) is 60.9 Å². The van der Waals surface area contributed by atoms with Crippen LogP contribution in [0.25, 0.3) is 0 Å². The van der Waals surface area contributed by atoms with Gasteiger partial charge in [-0.2, -0.15) is 5.10 Å². The van der Waals surface area contributed by atoms with Crippen LogP contribution in [-0.4, -0.2) is 15.7 Å². The van der Waals surface area contributed by atoms with E-state index in [2.05, 4.69) is 23.9 Å². The third-order valence-electron chi connectivity index (χ3n) is 1.42. The second kappa shape index (κ2) is 4.31. The molecule has 0 saturated heterocycles. The summed E-state index contributed by atoms with van der Waals surface area (Å²) >= 11 is 0. The zero-order valence-corrected chi connectivity index (χ0v) is 7.45. The second-order valence-electron chi connectivity index (χ2n) is 2.61. The Balaban J connectivity index is 2.70. The summed E-state index contributed by atoms with van der Waals surface area (Å²) in [4.78, 5) is 10.3. The van der Waals surface area contributed by atoms with E-state index in [-0.39, 0.29) is 0 Å². The van der Waals surface area contributed by atoms with E-state index in [1.807, 2.05) is 0 Å². The van der Waals surface area contributed by atoms with Crippen molar-refractivity contribution < 1.29 is 4.79 Å². The molecular weight excluding hydrogens is 166 g/mol. The van der Waals surface area contributed by atoms with E-state index in [9.17, 15) is 4.79 Å². The van der Waals surface area contributed by atoms with Gasteiger partial charge in [0.2, 0.25) is 0 Å². The van der Waals surface area contributed by atoms with Gasteiger partial charge in [-0.25, -0.2) is 0 Å². The number of rotatable bonds is 2. The lowest BCUT2D eigenvalue weighted by Crippen LogP contribution is -2.06. The summed E-state index contributed by atoms with van der Waals surface area (Å²) in [6.45, 7) is 2.93. The zero-order chi connectivity index (χ0) is 9.68. The maximum Gasteiger partial charge on any atom is 0.293 e. The summed E-state index contributed by atoms with van der Waals surface area (Å²) in [7, 11) is 0. The molecule has 0 aromatic carbocycles. The van der Waals surface area contributed by atoms with E-state index in [0.717, 1.165) is 13.0 Å². The zero-order valence-electron chi connectivity index (χ0n) is 7.45. The molecule has 0 spiro atoms. The normalized spacial score (nSPS) is 9.00. The lowest BCUT2D eigenvalue weighted by molar-refractivity contribution is -0.112. The number of nitrogens with two attached hydrogens (primary N) is 1. The first-order chi connectivity index (χ1) is 6.22. The Morgan fingerprint density at radius 3 is 3.15 bits per heavy atom. The Morgan fingerprint density at radius 1 is 1.77 bits per heavy atom. The van der Waals surface area contributed by atoms with Crippen LogP contribution >= 0.6 is 0 Å². The Labute approximate surface area is 76.7 Å². The quantitative estimate of drug-likeness (QED) is 0.653. The molecule has 0 unspecified atom stereocenters. The van der Waals surface area contributed by atoms with Gasteiger partial charge in [0.25, 0.3) is 5.91 Å². The number of carbonyl (C=O) groups is 1. The number of hydrogen-bond donors (Lipinski definition) is 1. The van der Waals surface area contributed by atoms with E-state index in [0.29, 0.717) is 5.56 Å². The largest absolute Gasteiger partial charge is 0.359 e.